The number of carbonyl (C=O) groups is 1. The van der Waals surface area contributed by atoms with Gasteiger partial charge in [-0.1, -0.05) is 26.8 Å². The summed E-state index contributed by atoms with van der Waals surface area (Å²) in [7, 11) is 0.569. The lowest BCUT2D eigenvalue weighted by molar-refractivity contribution is -0.156. The minimum atomic E-state index is -0.561. The van der Waals surface area contributed by atoms with Gasteiger partial charge >= 0.3 is 5.97 Å². The van der Waals surface area contributed by atoms with E-state index in [1.165, 1.54) is 0 Å². The van der Waals surface area contributed by atoms with Gasteiger partial charge in [-0.2, -0.15) is 0 Å². The SMILES string of the molecule is C=C(C)C(=O)OC(C)(C)CCOC(C)(C)C(C)(C)CCCCOPC. The van der Waals surface area contributed by atoms with Crippen molar-refractivity contribution in [3.63, 3.8) is 0 Å². The lowest BCUT2D eigenvalue weighted by atomic mass is 9.73. The standard InChI is InChI=1S/C20H39O4P/c1-16(2)17(21)24-19(5,6)13-15-22-20(7,8)18(3,4)12-10-11-14-23-25-9/h25H,1,10-15H2,2-9H3. The van der Waals surface area contributed by atoms with E-state index in [0.717, 1.165) is 25.9 Å². The quantitative estimate of drug-likeness (QED) is 0.185. The van der Waals surface area contributed by atoms with E-state index in [1.807, 2.05) is 13.8 Å². The molecule has 0 aromatic heterocycles. The number of unbranched alkanes of at least 4 members (excludes halogenated alkanes) is 1. The van der Waals surface area contributed by atoms with Gasteiger partial charge in [0, 0.05) is 20.8 Å². The van der Waals surface area contributed by atoms with Crippen molar-refractivity contribution in [3.05, 3.63) is 12.2 Å². The first-order chi connectivity index (χ1) is 11.3. The molecule has 0 aromatic carbocycles. The molecule has 0 N–H and O–H groups in total. The van der Waals surface area contributed by atoms with E-state index in [1.54, 1.807) is 6.92 Å². The second kappa shape index (κ2) is 10.6. The Labute approximate surface area is 156 Å². The molecule has 148 valence electrons. The molecular weight excluding hydrogens is 335 g/mol. The zero-order valence-corrected chi connectivity index (χ0v) is 18.6. The first-order valence-corrected chi connectivity index (χ1v) is 10.6. The van der Waals surface area contributed by atoms with Gasteiger partial charge in [0.25, 0.3) is 0 Å². The van der Waals surface area contributed by atoms with Crippen molar-refractivity contribution in [3.8, 4) is 0 Å². The van der Waals surface area contributed by atoms with E-state index in [-0.39, 0.29) is 17.0 Å². The fourth-order valence-corrected chi connectivity index (χ4v) is 2.63. The predicted octanol–water partition coefficient (Wildman–Crippen LogP) is 5.51. The Hall–Kier alpha value is -0.440. The zero-order chi connectivity index (χ0) is 19.7. The molecule has 0 fully saturated rings. The number of carbonyl (C=O) groups excluding carboxylic acids is 1. The zero-order valence-electron chi connectivity index (χ0n) is 17.6. The second-order valence-corrected chi connectivity index (χ2v) is 9.13. The molecular formula is C20H39O4P. The van der Waals surface area contributed by atoms with Crippen LogP contribution in [0.3, 0.4) is 0 Å². The molecule has 0 radical (unpaired) electrons. The molecule has 0 amide bonds. The summed E-state index contributed by atoms with van der Waals surface area (Å²) in [5, 5.41) is 0. The molecule has 5 heteroatoms. The fraction of sp³-hybridized carbons (Fsp3) is 0.850. The molecule has 0 saturated carbocycles. The third kappa shape index (κ3) is 9.72. The molecule has 0 bridgehead atoms. The van der Waals surface area contributed by atoms with E-state index >= 15 is 0 Å². The highest BCUT2D eigenvalue weighted by atomic mass is 31.1. The normalized spacial score (nSPS) is 13.4. The van der Waals surface area contributed by atoms with Crippen LogP contribution < -0.4 is 0 Å². The summed E-state index contributed by atoms with van der Waals surface area (Å²) in [5.41, 5.74) is -0.341. The first kappa shape index (κ1) is 24.6. The van der Waals surface area contributed by atoms with Gasteiger partial charge in [0.15, 0.2) is 0 Å². The maximum atomic E-state index is 11.7. The van der Waals surface area contributed by atoms with Crippen molar-refractivity contribution in [1.82, 2.24) is 0 Å². The van der Waals surface area contributed by atoms with Gasteiger partial charge < -0.3 is 14.0 Å². The molecule has 0 aromatic rings. The second-order valence-electron chi connectivity index (χ2n) is 8.43. The van der Waals surface area contributed by atoms with Gasteiger partial charge in [-0.3, -0.25) is 0 Å². The summed E-state index contributed by atoms with van der Waals surface area (Å²) in [4.78, 5) is 11.7. The fourth-order valence-electron chi connectivity index (χ4n) is 2.28. The van der Waals surface area contributed by atoms with Crippen molar-refractivity contribution in [2.24, 2.45) is 5.41 Å². The molecule has 0 rings (SSSR count). The predicted molar refractivity (Wildman–Crippen MR) is 107 cm³/mol. The van der Waals surface area contributed by atoms with Crippen molar-refractivity contribution >= 4 is 14.8 Å². The summed E-state index contributed by atoms with van der Waals surface area (Å²) < 4.78 is 17.1. The number of rotatable bonds is 13. The van der Waals surface area contributed by atoms with Crippen LogP contribution in [0, 0.1) is 5.41 Å². The monoisotopic (exact) mass is 374 g/mol. The summed E-state index contributed by atoms with van der Waals surface area (Å²) in [6, 6.07) is 0. The molecule has 0 saturated heterocycles. The average molecular weight is 375 g/mol. The lowest BCUT2D eigenvalue weighted by Gasteiger charge is -2.42. The van der Waals surface area contributed by atoms with E-state index in [2.05, 4.69) is 40.9 Å². The van der Waals surface area contributed by atoms with Gasteiger partial charge in [-0.15, -0.1) is 0 Å². The van der Waals surface area contributed by atoms with E-state index in [9.17, 15) is 4.79 Å². The molecule has 0 spiro atoms. The van der Waals surface area contributed by atoms with Crippen molar-refractivity contribution in [1.29, 1.82) is 0 Å². The Morgan fingerprint density at radius 2 is 1.60 bits per heavy atom. The van der Waals surface area contributed by atoms with E-state index < -0.39 is 5.60 Å². The minimum absolute atomic E-state index is 0.0556. The lowest BCUT2D eigenvalue weighted by Crippen LogP contribution is -2.43. The first-order valence-electron chi connectivity index (χ1n) is 9.16. The summed E-state index contributed by atoms with van der Waals surface area (Å²) >= 11 is 0. The maximum absolute atomic E-state index is 11.7. The smallest absolute Gasteiger partial charge is 0.333 e. The average Bonchev–Trinajstić information content (AvgIpc) is 2.45. The Kier molecular flexibility index (Phi) is 10.5. The third-order valence-electron chi connectivity index (χ3n) is 4.96. The summed E-state index contributed by atoms with van der Waals surface area (Å²) in [5.74, 6) is -0.348. The molecule has 0 aliphatic carbocycles. The molecule has 1 atom stereocenters. The number of hydrogen-bond donors (Lipinski definition) is 0. The van der Waals surface area contributed by atoms with Crippen LogP contribution in [0.5, 0.6) is 0 Å². The topological polar surface area (TPSA) is 44.8 Å². The molecule has 0 heterocycles. The van der Waals surface area contributed by atoms with Crippen LogP contribution in [0.1, 0.15) is 74.1 Å². The largest absolute Gasteiger partial charge is 0.456 e. The van der Waals surface area contributed by atoms with Crippen LogP contribution in [-0.2, 0) is 18.8 Å². The molecule has 1 unspecified atom stereocenters. The Morgan fingerprint density at radius 3 is 2.12 bits per heavy atom. The van der Waals surface area contributed by atoms with E-state index in [4.69, 9.17) is 14.0 Å². The molecule has 25 heavy (non-hydrogen) atoms. The van der Waals surface area contributed by atoms with Crippen LogP contribution in [0.15, 0.2) is 12.2 Å². The third-order valence-corrected chi connectivity index (χ3v) is 5.45. The summed E-state index contributed by atoms with van der Waals surface area (Å²) in [6.07, 6.45) is 3.96. The van der Waals surface area contributed by atoms with Crippen molar-refractivity contribution < 1.29 is 18.8 Å². The number of ether oxygens (including phenoxy) is 2. The summed E-state index contributed by atoms with van der Waals surface area (Å²) in [6.45, 7) is 21.3. The van der Waals surface area contributed by atoms with Crippen LogP contribution in [0.4, 0.5) is 0 Å². The highest BCUT2D eigenvalue weighted by Crippen LogP contribution is 2.38. The maximum Gasteiger partial charge on any atom is 0.333 e. The van der Waals surface area contributed by atoms with Crippen LogP contribution in [0.25, 0.3) is 0 Å². The number of esters is 1. The van der Waals surface area contributed by atoms with Crippen LogP contribution >= 0.6 is 8.81 Å². The Balaban J connectivity index is 4.40. The van der Waals surface area contributed by atoms with Gasteiger partial charge in [0.05, 0.1) is 18.8 Å². The highest BCUT2D eigenvalue weighted by Gasteiger charge is 2.37. The minimum Gasteiger partial charge on any atom is -0.456 e. The molecule has 0 aliphatic heterocycles. The van der Waals surface area contributed by atoms with Crippen LogP contribution in [-0.4, -0.2) is 37.0 Å². The Morgan fingerprint density at radius 1 is 1.00 bits per heavy atom. The Bertz CT molecular complexity index is 427. The molecule has 4 nitrogen and oxygen atoms in total. The van der Waals surface area contributed by atoms with Crippen LogP contribution in [0.2, 0.25) is 0 Å². The number of hydrogen-bond acceptors (Lipinski definition) is 4. The molecule has 0 aliphatic rings. The van der Waals surface area contributed by atoms with Gasteiger partial charge in [-0.05, 0) is 59.5 Å². The van der Waals surface area contributed by atoms with E-state index in [0.29, 0.717) is 27.4 Å². The van der Waals surface area contributed by atoms with Crippen molar-refractivity contribution in [2.45, 2.75) is 85.4 Å². The van der Waals surface area contributed by atoms with Gasteiger partial charge in [0.2, 0.25) is 0 Å². The highest BCUT2D eigenvalue weighted by molar-refractivity contribution is 7.31. The van der Waals surface area contributed by atoms with Crippen molar-refractivity contribution in [2.75, 3.05) is 19.9 Å². The van der Waals surface area contributed by atoms with Gasteiger partial charge in [0.1, 0.15) is 5.60 Å². The van der Waals surface area contributed by atoms with Gasteiger partial charge in [-0.25, -0.2) is 4.79 Å².